The summed E-state index contributed by atoms with van der Waals surface area (Å²) in [5.74, 6) is 0.640. The Morgan fingerprint density at radius 1 is 1.19 bits per heavy atom. The van der Waals surface area contributed by atoms with Crippen molar-refractivity contribution in [1.82, 2.24) is 0 Å². The number of benzene rings is 1. The van der Waals surface area contributed by atoms with E-state index in [2.05, 4.69) is 15.9 Å². The fourth-order valence-electron chi connectivity index (χ4n) is 1.21. The van der Waals surface area contributed by atoms with E-state index in [0.717, 1.165) is 5.56 Å². The van der Waals surface area contributed by atoms with Crippen LogP contribution >= 0.6 is 15.9 Å². The third-order valence-corrected chi connectivity index (χ3v) is 2.58. The average molecular weight is 297 g/mol. The molecule has 1 aromatic rings. The van der Waals surface area contributed by atoms with Crippen LogP contribution in [-0.2, 0) is 5.33 Å². The van der Waals surface area contributed by atoms with Crippen molar-refractivity contribution < 1.29 is 17.9 Å². The summed E-state index contributed by atoms with van der Waals surface area (Å²) in [6.07, 6.45) is -4.91. The van der Waals surface area contributed by atoms with E-state index in [1.165, 1.54) is 0 Å². The Kier molecular flexibility index (Phi) is 5.12. The molecule has 0 heterocycles. The molecule has 0 saturated heterocycles. The Labute approximate surface area is 101 Å². The summed E-state index contributed by atoms with van der Waals surface area (Å²) in [6.45, 7) is 0.0868. The predicted octanol–water partition coefficient (Wildman–Crippen LogP) is 4.30. The average Bonchev–Trinajstić information content (AvgIpc) is 2.23. The largest absolute Gasteiger partial charge is 0.493 e. The quantitative estimate of drug-likeness (QED) is 0.581. The van der Waals surface area contributed by atoms with Gasteiger partial charge in [-0.1, -0.05) is 34.1 Å². The summed E-state index contributed by atoms with van der Waals surface area (Å²) in [7, 11) is 0. The number of rotatable bonds is 5. The molecule has 0 N–H and O–H groups in total. The van der Waals surface area contributed by atoms with Gasteiger partial charge in [0.15, 0.2) is 0 Å². The van der Waals surface area contributed by atoms with Gasteiger partial charge in [0.05, 0.1) is 6.61 Å². The Hall–Kier alpha value is -0.710. The molecular formula is C11H12BrF3O. The topological polar surface area (TPSA) is 9.23 Å². The van der Waals surface area contributed by atoms with Crippen LogP contribution in [0.25, 0.3) is 0 Å². The molecule has 0 fully saturated rings. The Bertz CT molecular complexity index is 325. The van der Waals surface area contributed by atoms with Crippen LogP contribution in [0.4, 0.5) is 13.2 Å². The Balaban J connectivity index is 2.37. The molecule has 0 saturated carbocycles. The number of hydrogen-bond acceptors (Lipinski definition) is 1. The van der Waals surface area contributed by atoms with Crippen LogP contribution in [0.5, 0.6) is 5.75 Å². The van der Waals surface area contributed by atoms with Gasteiger partial charge in [0, 0.05) is 17.3 Å². The zero-order valence-corrected chi connectivity index (χ0v) is 10.1. The molecule has 0 spiro atoms. The molecule has 16 heavy (non-hydrogen) atoms. The first kappa shape index (κ1) is 13.4. The fourth-order valence-corrected chi connectivity index (χ4v) is 1.67. The minimum absolute atomic E-state index is 0.0138. The lowest BCUT2D eigenvalue weighted by atomic mass is 10.2. The van der Waals surface area contributed by atoms with Gasteiger partial charge in [-0.05, 0) is 12.5 Å². The number of para-hydroxylation sites is 1. The van der Waals surface area contributed by atoms with Crippen LogP contribution in [0.1, 0.15) is 18.4 Å². The van der Waals surface area contributed by atoms with E-state index in [1.54, 1.807) is 12.1 Å². The van der Waals surface area contributed by atoms with Crippen LogP contribution in [-0.4, -0.2) is 12.8 Å². The van der Waals surface area contributed by atoms with E-state index >= 15 is 0 Å². The summed E-state index contributed by atoms with van der Waals surface area (Å²) in [6, 6.07) is 7.28. The van der Waals surface area contributed by atoms with Crippen LogP contribution in [0.2, 0.25) is 0 Å². The van der Waals surface area contributed by atoms with Gasteiger partial charge in [0.2, 0.25) is 0 Å². The molecule has 90 valence electrons. The third-order valence-electron chi connectivity index (χ3n) is 1.98. The summed E-state index contributed by atoms with van der Waals surface area (Å²) >= 11 is 3.29. The summed E-state index contributed by atoms with van der Waals surface area (Å²) in [5.41, 5.74) is 0.939. The van der Waals surface area contributed by atoms with Crippen molar-refractivity contribution in [3.8, 4) is 5.75 Å². The lowest BCUT2D eigenvalue weighted by molar-refractivity contribution is -0.136. The van der Waals surface area contributed by atoms with Crippen molar-refractivity contribution in [2.45, 2.75) is 24.3 Å². The molecular weight excluding hydrogens is 285 g/mol. The maximum atomic E-state index is 11.9. The summed E-state index contributed by atoms with van der Waals surface area (Å²) < 4.78 is 40.9. The first-order chi connectivity index (χ1) is 7.53. The molecule has 0 bridgehead atoms. The second-order valence-corrected chi connectivity index (χ2v) is 3.87. The van der Waals surface area contributed by atoms with Gasteiger partial charge in [0.25, 0.3) is 0 Å². The van der Waals surface area contributed by atoms with E-state index in [9.17, 15) is 13.2 Å². The normalized spacial score (nSPS) is 11.5. The van der Waals surface area contributed by atoms with E-state index < -0.39 is 12.6 Å². The van der Waals surface area contributed by atoms with Crippen molar-refractivity contribution in [2.75, 3.05) is 6.61 Å². The highest BCUT2D eigenvalue weighted by atomic mass is 79.9. The smallest absolute Gasteiger partial charge is 0.389 e. The van der Waals surface area contributed by atoms with Gasteiger partial charge >= 0.3 is 6.18 Å². The van der Waals surface area contributed by atoms with Gasteiger partial charge in [-0.2, -0.15) is 13.2 Å². The number of hydrogen-bond donors (Lipinski definition) is 0. The van der Waals surface area contributed by atoms with Crippen molar-refractivity contribution in [2.24, 2.45) is 0 Å². The van der Waals surface area contributed by atoms with Crippen molar-refractivity contribution >= 4 is 15.9 Å². The van der Waals surface area contributed by atoms with Gasteiger partial charge in [-0.15, -0.1) is 0 Å². The van der Waals surface area contributed by atoms with Crippen molar-refractivity contribution in [3.05, 3.63) is 29.8 Å². The third kappa shape index (κ3) is 4.88. The maximum Gasteiger partial charge on any atom is 0.389 e. The second-order valence-electron chi connectivity index (χ2n) is 3.31. The Morgan fingerprint density at radius 2 is 1.88 bits per heavy atom. The number of halogens is 4. The lowest BCUT2D eigenvalue weighted by Gasteiger charge is -2.10. The van der Waals surface area contributed by atoms with E-state index in [-0.39, 0.29) is 13.0 Å². The van der Waals surface area contributed by atoms with Crippen LogP contribution in [0.3, 0.4) is 0 Å². The van der Waals surface area contributed by atoms with Crippen LogP contribution in [0, 0.1) is 0 Å². The first-order valence-corrected chi connectivity index (χ1v) is 5.98. The molecule has 0 radical (unpaired) electrons. The summed E-state index contributed by atoms with van der Waals surface area (Å²) in [5, 5.41) is 0.627. The van der Waals surface area contributed by atoms with Crippen LogP contribution in [0.15, 0.2) is 24.3 Å². The highest BCUT2D eigenvalue weighted by molar-refractivity contribution is 9.08. The summed E-state index contributed by atoms with van der Waals surface area (Å²) in [4.78, 5) is 0. The van der Waals surface area contributed by atoms with Crippen molar-refractivity contribution in [1.29, 1.82) is 0 Å². The second kappa shape index (κ2) is 6.13. The lowest BCUT2D eigenvalue weighted by Crippen LogP contribution is -2.10. The predicted molar refractivity (Wildman–Crippen MR) is 59.9 cm³/mol. The molecule has 1 rings (SSSR count). The van der Waals surface area contributed by atoms with Crippen molar-refractivity contribution in [3.63, 3.8) is 0 Å². The molecule has 0 aliphatic rings. The van der Waals surface area contributed by atoms with Crippen LogP contribution < -0.4 is 4.74 Å². The maximum absolute atomic E-state index is 11.9. The van der Waals surface area contributed by atoms with Gasteiger partial charge in [-0.25, -0.2) is 0 Å². The van der Waals surface area contributed by atoms with E-state index in [1.807, 2.05) is 12.1 Å². The molecule has 0 aliphatic heterocycles. The number of ether oxygens (including phenoxy) is 1. The molecule has 0 atom stereocenters. The first-order valence-electron chi connectivity index (χ1n) is 4.86. The zero-order chi connectivity index (χ0) is 12.0. The molecule has 0 unspecified atom stereocenters. The molecule has 5 heteroatoms. The minimum atomic E-state index is -4.10. The standard InChI is InChI=1S/C11H12BrF3O/c12-8-9-4-1-2-5-10(9)16-7-3-6-11(13,14)15/h1-2,4-5H,3,6-8H2. The fraction of sp³-hybridized carbons (Fsp3) is 0.455. The van der Waals surface area contributed by atoms with Gasteiger partial charge < -0.3 is 4.74 Å². The molecule has 1 nitrogen and oxygen atoms in total. The molecule has 0 aromatic heterocycles. The van der Waals surface area contributed by atoms with Gasteiger partial charge in [0.1, 0.15) is 5.75 Å². The van der Waals surface area contributed by atoms with Gasteiger partial charge in [-0.3, -0.25) is 0 Å². The Morgan fingerprint density at radius 3 is 2.50 bits per heavy atom. The molecule has 0 amide bonds. The minimum Gasteiger partial charge on any atom is -0.493 e. The molecule has 1 aromatic carbocycles. The number of alkyl halides is 4. The highest BCUT2D eigenvalue weighted by Crippen LogP contribution is 2.23. The zero-order valence-electron chi connectivity index (χ0n) is 8.56. The highest BCUT2D eigenvalue weighted by Gasteiger charge is 2.26. The molecule has 0 aliphatic carbocycles. The monoisotopic (exact) mass is 296 g/mol. The van der Waals surface area contributed by atoms with E-state index in [0.29, 0.717) is 11.1 Å². The van der Waals surface area contributed by atoms with E-state index in [4.69, 9.17) is 4.74 Å². The SMILES string of the molecule is FC(F)(F)CCCOc1ccccc1CBr.